The highest BCUT2D eigenvalue weighted by atomic mass is 16.4. The zero-order valence-electron chi connectivity index (χ0n) is 13.4. The Labute approximate surface area is 127 Å². The lowest BCUT2D eigenvalue weighted by Crippen LogP contribution is -2.41. The number of carbonyl (C=O) groups is 2. The van der Waals surface area contributed by atoms with Gasteiger partial charge in [-0.2, -0.15) is 0 Å². The van der Waals surface area contributed by atoms with Gasteiger partial charge in [-0.05, 0) is 37.6 Å². The van der Waals surface area contributed by atoms with Crippen LogP contribution >= 0.6 is 0 Å². The largest absolute Gasteiger partial charge is 0.481 e. The topological polar surface area (TPSA) is 90.5 Å². The van der Waals surface area contributed by atoms with Gasteiger partial charge in [0.2, 0.25) is 0 Å². The average molecular weight is 299 g/mol. The van der Waals surface area contributed by atoms with Gasteiger partial charge in [0, 0.05) is 19.1 Å². The molecule has 0 heterocycles. The van der Waals surface area contributed by atoms with Crippen molar-refractivity contribution in [3.8, 4) is 0 Å². The Morgan fingerprint density at radius 3 is 2.38 bits per heavy atom. The number of nitrogens with one attached hydrogen (secondary N) is 3. The van der Waals surface area contributed by atoms with E-state index in [9.17, 15) is 14.7 Å². The second-order valence-electron chi connectivity index (χ2n) is 7.02. The summed E-state index contributed by atoms with van der Waals surface area (Å²) in [6.45, 7) is 7.66. The van der Waals surface area contributed by atoms with Gasteiger partial charge in [0.1, 0.15) is 0 Å². The van der Waals surface area contributed by atoms with Crippen molar-refractivity contribution in [3.63, 3.8) is 0 Å². The van der Waals surface area contributed by atoms with Crippen molar-refractivity contribution in [2.45, 2.75) is 52.5 Å². The molecule has 4 N–H and O–H groups in total. The molecule has 1 fully saturated rings. The first kappa shape index (κ1) is 17.8. The Balaban J connectivity index is 2.12. The minimum absolute atomic E-state index is 0.0737. The van der Waals surface area contributed by atoms with Gasteiger partial charge in [0.05, 0.1) is 5.92 Å². The lowest BCUT2D eigenvalue weighted by Gasteiger charge is -2.23. The highest BCUT2D eigenvalue weighted by Crippen LogP contribution is 2.24. The first-order valence-corrected chi connectivity index (χ1v) is 7.76. The molecule has 0 aromatic rings. The van der Waals surface area contributed by atoms with E-state index in [1.165, 1.54) is 12.8 Å². The molecule has 6 heteroatoms. The van der Waals surface area contributed by atoms with E-state index < -0.39 is 11.9 Å². The molecular weight excluding hydrogens is 270 g/mol. The van der Waals surface area contributed by atoms with Crippen molar-refractivity contribution < 1.29 is 14.7 Å². The summed E-state index contributed by atoms with van der Waals surface area (Å²) in [5, 5.41) is 17.9. The lowest BCUT2D eigenvalue weighted by atomic mass is 9.84. The third-order valence-electron chi connectivity index (χ3n) is 3.37. The monoisotopic (exact) mass is 299 g/mol. The second kappa shape index (κ2) is 8.22. The van der Waals surface area contributed by atoms with E-state index in [0.29, 0.717) is 19.0 Å². The highest BCUT2D eigenvalue weighted by molar-refractivity contribution is 5.75. The van der Waals surface area contributed by atoms with E-state index in [1.807, 2.05) is 20.8 Å². The summed E-state index contributed by atoms with van der Waals surface area (Å²) in [5.74, 6) is -1.41. The summed E-state index contributed by atoms with van der Waals surface area (Å²) < 4.78 is 0. The Kier molecular flexibility index (Phi) is 6.95. The van der Waals surface area contributed by atoms with Crippen LogP contribution in [0.3, 0.4) is 0 Å². The summed E-state index contributed by atoms with van der Waals surface area (Å²) in [5.41, 5.74) is -0.0737. The minimum atomic E-state index is -0.862. The number of urea groups is 1. The molecule has 0 radical (unpaired) electrons. The van der Waals surface area contributed by atoms with Crippen molar-refractivity contribution in [1.29, 1.82) is 0 Å². The fraction of sp³-hybridized carbons (Fsp3) is 0.867. The van der Waals surface area contributed by atoms with Crippen molar-refractivity contribution in [2.75, 3.05) is 19.6 Å². The maximum atomic E-state index is 11.6. The molecule has 0 spiro atoms. The molecule has 1 saturated carbocycles. The van der Waals surface area contributed by atoms with Crippen molar-refractivity contribution in [2.24, 2.45) is 11.3 Å². The second-order valence-corrected chi connectivity index (χ2v) is 7.02. The van der Waals surface area contributed by atoms with Crippen LogP contribution in [0.25, 0.3) is 0 Å². The number of aliphatic carboxylic acids is 1. The molecule has 0 aromatic carbocycles. The standard InChI is InChI=1S/C15H29N3O3/c1-15(2,3)9-11(13(19)20)10-18-14(21)17-8-4-7-16-12-5-6-12/h11-12,16H,4-10H2,1-3H3,(H,19,20)(H2,17,18,21). The molecule has 0 bridgehead atoms. The molecule has 1 unspecified atom stereocenters. The first-order chi connectivity index (χ1) is 9.78. The molecule has 1 aliphatic carbocycles. The van der Waals surface area contributed by atoms with Gasteiger partial charge in [-0.3, -0.25) is 4.79 Å². The van der Waals surface area contributed by atoms with Crippen LogP contribution in [0.1, 0.15) is 46.5 Å². The zero-order valence-corrected chi connectivity index (χ0v) is 13.4. The molecule has 21 heavy (non-hydrogen) atoms. The van der Waals surface area contributed by atoms with Crippen molar-refractivity contribution in [1.82, 2.24) is 16.0 Å². The predicted molar refractivity (Wildman–Crippen MR) is 82.2 cm³/mol. The average Bonchev–Trinajstić information content (AvgIpc) is 3.16. The van der Waals surface area contributed by atoms with E-state index in [1.54, 1.807) is 0 Å². The SMILES string of the molecule is CC(C)(C)CC(CNC(=O)NCCCNC1CC1)C(=O)O. The number of carbonyl (C=O) groups excluding carboxylic acids is 1. The van der Waals surface area contributed by atoms with Crippen LogP contribution in [0.5, 0.6) is 0 Å². The molecule has 6 nitrogen and oxygen atoms in total. The van der Waals surface area contributed by atoms with Gasteiger partial charge in [0.15, 0.2) is 0 Å². The van der Waals surface area contributed by atoms with E-state index in [0.717, 1.165) is 13.0 Å². The van der Waals surface area contributed by atoms with Gasteiger partial charge < -0.3 is 21.1 Å². The van der Waals surface area contributed by atoms with Crippen LogP contribution in [0.4, 0.5) is 4.79 Å². The van der Waals surface area contributed by atoms with Crippen molar-refractivity contribution >= 4 is 12.0 Å². The highest BCUT2D eigenvalue weighted by Gasteiger charge is 2.25. The Hall–Kier alpha value is -1.30. The zero-order chi connectivity index (χ0) is 15.9. The van der Waals surface area contributed by atoms with E-state index in [2.05, 4.69) is 16.0 Å². The van der Waals surface area contributed by atoms with Crippen molar-refractivity contribution in [3.05, 3.63) is 0 Å². The number of amides is 2. The normalized spacial score (nSPS) is 16.3. The van der Waals surface area contributed by atoms with Crippen LogP contribution in [-0.4, -0.2) is 42.8 Å². The molecule has 1 atom stereocenters. The molecule has 2 amide bonds. The summed E-state index contributed by atoms with van der Waals surface area (Å²) >= 11 is 0. The number of rotatable bonds is 9. The maximum Gasteiger partial charge on any atom is 0.314 e. The van der Waals surface area contributed by atoms with E-state index >= 15 is 0 Å². The molecule has 0 aliphatic heterocycles. The van der Waals surface area contributed by atoms with Gasteiger partial charge >= 0.3 is 12.0 Å². The number of carboxylic acids is 1. The Bertz CT molecular complexity index is 349. The smallest absolute Gasteiger partial charge is 0.314 e. The fourth-order valence-corrected chi connectivity index (χ4v) is 2.15. The molecule has 0 aromatic heterocycles. The van der Waals surface area contributed by atoms with Crippen LogP contribution < -0.4 is 16.0 Å². The van der Waals surface area contributed by atoms with Crippen LogP contribution in [-0.2, 0) is 4.79 Å². The summed E-state index contributed by atoms with van der Waals surface area (Å²) in [7, 11) is 0. The quantitative estimate of drug-likeness (QED) is 0.486. The van der Waals surface area contributed by atoms with Crippen LogP contribution in [0.15, 0.2) is 0 Å². The van der Waals surface area contributed by atoms with Crippen LogP contribution in [0.2, 0.25) is 0 Å². The van der Waals surface area contributed by atoms with Gasteiger partial charge in [-0.1, -0.05) is 20.8 Å². The summed E-state index contributed by atoms with van der Waals surface area (Å²) in [6, 6.07) is 0.397. The number of hydrogen-bond acceptors (Lipinski definition) is 3. The molecule has 122 valence electrons. The lowest BCUT2D eigenvalue weighted by molar-refractivity contribution is -0.142. The molecular formula is C15H29N3O3. The van der Waals surface area contributed by atoms with E-state index in [4.69, 9.17) is 0 Å². The van der Waals surface area contributed by atoms with Gasteiger partial charge in [-0.15, -0.1) is 0 Å². The number of carboxylic acid groups (broad SMARTS) is 1. The summed E-state index contributed by atoms with van der Waals surface area (Å²) in [6.07, 6.45) is 3.94. The third-order valence-corrected chi connectivity index (χ3v) is 3.37. The Morgan fingerprint density at radius 2 is 1.86 bits per heavy atom. The number of hydrogen-bond donors (Lipinski definition) is 4. The fourth-order valence-electron chi connectivity index (χ4n) is 2.15. The molecule has 0 saturated heterocycles. The molecule has 1 aliphatic rings. The predicted octanol–water partition coefficient (Wildman–Crippen LogP) is 1.56. The summed E-state index contributed by atoms with van der Waals surface area (Å²) in [4.78, 5) is 22.8. The first-order valence-electron chi connectivity index (χ1n) is 7.76. The maximum absolute atomic E-state index is 11.6. The van der Waals surface area contributed by atoms with E-state index in [-0.39, 0.29) is 18.0 Å². The van der Waals surface area contributed by atoms with Gasteiger partial charge in [-0.25, -0.2) is 4.79 Å². The minimum Gasteiger partial charge on any atom is -0.481 e. The Morgan fingerprint density at radius 1 is 1.19 bits per heavy atom. The third kappa shape index (κ3) is 9.28. The molecule has 1 rings (SSSR count). The van der Waals surface area contributed by atoms with Gasteiger partial charge in [0.25, 0.3) is 0 Å². The van der Waals surface area contributed by atoms with Crippen LogP contribution in [0, 0.1) is 11.3 Å².